The zero-order chi connectivity index (χ0) is 15.8. The lowest BCUT2D eigenvalue weighted by Crippen LogP contribution is -2.23. The molecule has 3 N–H and O–H groups in total. The smallest absolute Gasteiger partial charge is 0.193 e. The molecule has 2 aromatic carbocycles. The molecule has 0 aliphatic heterocycles. The number of benzene rings is 2. The Bertz CT molecular complexity index is 644. The Kier molecular flexibility index (Phi) is 8.61. The van der Waals surface area contributed by atoms with E-state index < -0.39 is 0 Å². The van der Waals surface area contributed by atoms with E-state index in [1.807, 2.05) is 18.2 Å². The summed E-state index contributed by atoms with van der Waals surface area (Å²) in [5, 5.41) is 3.09. The van der Waals surface area contributed by atoms with Crippen LogP contribution in [0.15, 0.2) is 53.5 Å². The number of nitrogens with zero attached hydrogens (tertiary/aromatic N) is 1. The Hall–Kier alpha value is -1.63. The molecule has 0 atom stereocenters. The molecular weight excluding hydrogens is 404 g/mol. The third kappa shape index (κ3) is 6.99. The maximum atomic E-state index is 13.1. The Morgan fingerprint density at radius 3 is 2.61 bits per heavy atom. The van der Waals surface area contributed by atoms with Crippen molar-refractivity contribution in [1.82, 2.24) is 0 Å². The van der Waals surface area contributed by atoms with Crippen LogP contribution in [0.4, 0.5) is 10.1 Å². The normalized spacial score (nSPS) is 11.0. The van der Waals surface area contributed by atoms with Gasteiger partial charge in [-0.05, 0) is 54.7 Å². The molecule has 0 bridgehead atoms. The lowest BCUT2D eigenvalue weighted by molar-refractivity contribution is 0.624. The highest BCUT2D eigenvalue weighted by Gasteiger charge is 1.98. The Morgan fingerprint density at radius 2 is 1.87 bits per heavy atom. The van der Waals surface area contributed by atoms with E-state index in [4.69, 9.17) is 5.73 Å². The molecule has 0 saturated carbocycles. The van der Waals surface area contributed by atoms with Gasteiger partial charge in [-0.2, -0.15) is 0 Å². The van der Waals surface area contributed by atoms with Crippen LogP contribution in [0.2, 0.25) is 0 Å². The molecule has 3 nitrogen and oxygen atoms in total. The summed E-state index contributed by atoms with van der Waals surface area (Å²) >= 11 is 0. The van der Waals surface area contributed by atoms with Gasteiger partial charge < -0.3 is 11.1 Å². The minimum atomic E-state index is -0.196. The first-order valence-corrected chi connectivity index (χ1v) is 7.57. The van der Waals surface area contributed by atoms with E-state index in [9.17, 15) is 4.39 Å². The molecule has 23 heavy (non-hydrogen) atoms. The molecule has 0 heterocycles. The number of hydrogen-bond donors (Lipinski definition) is 2. The molecule has 5 heteroatoms. The van der Waals surface area contributed by atoms with Crippen molar-refractivity contribution in [1.29, 1.82) is 0 Å². The number of nitrogens with one attached hydrogen (secondary N) is 1. The molecule has 0 saturated heterocycles. The van der Waals surface area contributed by atoms with Crippen molar-refractivity contribution >= 4 is 35.6 Å². The van der Waals surface area contributed by atoms with Gasteiger partial charge in [0.2, 0.25) is 0 Å². The van der Waals surface area contributed by atoms with Gasteiger partial charge in [-0.3, -0.25) is 4.99 Å². The van der Waals surface area contributed by atoms with Crippen molar-refractivity contribution in [3.63, 3.8) is 0 Å². The maximum absolute atomic E-state index is 13.1. The second kappa shape index (κ2) is 10.2. The molecule has 0 aliphatic carbocycles. The average molecular weight is 427 g/mol. The van der Waals surface area contributed by atoms with Gasteiger partial charge in [-0.25, -0.2) is 4.39 Å². The van der Waals surface area contributed by atoms with Crippen molar-refractivity contribution < 1.29 is 4.39 Å². The lowest BCUT2D eigenvalue weighted by Gasteiger charge is -2.07. The average Bonchev–Trinajstić information content (AvgIpc) is 2.52. The Morgan fingerprint density at radius 1 is 1.13 bits per heavy atom. The molecule has 124 valence electrons. The molecule has 2 aromatic rings. The van der Waals surface area contributed by atoms with E-state index in [-0.39, 0.29) is 29.8 Å². The maximum Gasteiger partial charge on any atom is 0.193 e. The molecular formula is C18H23FIN3. The zero-order valence-corrected chi connectivity index (χ0v) is 15.6. The number of anilines is 1. The second-order valence-corrected chi connectivity index (χ2v) is 5.18. The second-order valence-electron chi connectivity index (χ2n) is 5.18. The van der Waals surface area contributed by atoms with Gasteiger partial charge in [0.15, 0.2) is 5.96 Å². The first kappa shape index (κ1) is 19.4. The van der Waals surface area contributed by atoms with Gasteiger partial charge in [0.1, 0.15) is 5.82 Å². The summed E-state index contributed by atoms with van der Waals surface area (Å²) in [5.74, 6) is 0.213. The van der Waals surface area contributed by atoms with E-state index in [1.54, 1.807) is 12.1 Å². The van der Waals surface area contributed by atoms with Gasteiger partial charge in [0.05, 0.1) is 0 Å². The van der Waals surface area contributed by atoms with E-state index in [1.165, 1.54) is 11.6 Å². The van der Waals surface area contributed by atoms with Crippen LogP contribution < -0.4 is 11.1 Å². The van der Waals surface area contributed by atoms with E-state index in [0.29, 0.717) is 12.5 Å². The van der Waals surface area contributed by atoms with Crippen LogP contribution in [0.3, 0.4) is 0 Å². The molecule has 0 radical (unpaired) electrons. The first-order valence-electron chi connectivity index (χ1n) is 7.57. The minimum absolute atomic E-state index is 0. The molecule has 0 spiro atoms. The van der Waals surface area contributed by atoms with Crippen LogP contribution in [-0.2, 0) is 12.8 Å². The van der Waals surface area contributed by atoms with Crippen LogP contribution in [-0.4, -0.2) is 12.5 Å². The molecule has 2 rings (SSSR count). The summed E-state index contributed by atoms with van der Waals surface area (Å²) in [4.78, 5) is 4.30. The number of aryl methyl sites for hydroxylation is 2. The van der Waals surface area contributed by atoms with Crippen LogP contribution >= 0.6 is 24.0 Å². The van der Waals surface area contributed by atoms with E-state index in [0.717, 1.165) is 30.5 Å². The molecule has 0 amide bonds. The van der Waals surface area contributed by atoms with Gasteiger partial charge >= 0.3 is 0 Å². The summed E-state index contributed by atoms with van der Waals surface area (Å²) in [6, 6.07) is 14.8. The van der Waals surface area contributed by atoms with Crippen molar-refractivity contribution in [2.75, 3.05) is 11.9 Å². The number of hydrogen-bond acceptors (Lipinski definition) is 1. The quantitative estimate of drug-likeness (QED) is 0.312. The molecule has 0 aliphatic rings. The summed E-state index contributed by atoms with van der Waals surface area (Å²) < 4.78 is 13.1. The predicted molar refractivity (Wildman–Crippen MR) is 106 cm³/mol. The van der Waals surface area contributed by atoms with Crippen LogP contribution in [0, 0.1) is 5.82 Å². The van der Waals surface area contributed by atoms with E-state index in [2.05, 4.69) is 29.4 Å². The third-order valence-corrected chi connectivity index (χ3v) is 3.40. The lowest BCUT2D eigenvalue weighted by atomic mass is 10.1. The van der Waals surface area contributed by atoms with Gasteiger partial charge in [-0.15, -0.1) is 24.0 Å². The highest BCUT2D eigenvalue weighted by atomic mass is 127. The highest BCUT2D eigenvalue weighted by molar-refractivity contribution is 14.0. The molecule has 0 unspecified atom stereocenters. The summed E-state index contributed by atoms with van der Waals surface area (Å²) in [7, 11) is 0. The summed E-state index contributed by atoms with van der Waals surface area (Å²) in [6.45, 7) is 2.73. The van der Waals surface area contributed by atoms with Crippen molar-refractivity contribution in [2.24, 2.45) is 10.7 Å². The van der Waals surface area contributed by atoms with Gasteiger partial charge in [-0.1, -0.05) is 31.2 Å². The number of rotatable bonds is 6. The largest absolute Gasteiger partial charge is 0.370 e. The standard InChI is InChI=1S/C18H22FN3.HI/c1-2-14-6-4-10-17(13-14)22-18(20)21-11-5-8-15-7-3-9-16(19)12-15;/h3-4,6-7,9-10,12-13H,2,5,8,11H2,1H3,(H3,20,21,22);1H. The fourth-order valence-corrected chi connectivity index (χ4v) is 2.23. The van der Waals surface area contributed by atoms with Crippen LogP contribution in [0.25, 0.3) is 0 Å². The third-order valence-electron chi connectivity index (χ3n) is 3.40. The predicted octanol–water partition coefficient (Wildman–Crippen LogP) is 4.37. The summed E-state index contributed by atoms with van der Waals surface area (Å²) in [5.41, 5.74) is 9.07. The van der Waals surface area contributed by atoms with Crippen molar-refractivity contribution in [3.8, 4) is 0 Å². The number of guanidine groups is 1. The first-order chi connectivity index (χ1) is 10.7. The van der Waals surface area contributed by atoms with Crippen molar-refractivity contribution in [2.45, 2.75) is 26.2 Å². The van der Waals surface area contributed by atoms with E-state index >= 15 is 0 Å². The fourth-order valence-electron chi connectivity index (χ4n) is 2.23. The van der Waals surface area contributed by atoms with Crippen molar-refractivity contribution in [3.05, 3.63) is 65.5 Å². The molecule has 0 fully saturated rings. The van der Waals surface area contributed by atoms with Crippen LogP contribution in [0.5, 0.6) is 0 Å². The number of nitrogens with two attached hydrogens (primary N) is 1. The van der Waals surface area contributed by atoms with Crippen LogP contribution in [0.1, 0.15) is 24.5 Å². The molecule has 0 aromatic heterocycles. The monoisotopic (exact) mass is 427 g/mol. The number of halogens is 2. The Labute approximate surface area is 154 Å². The highest BCUT2D eigenvalue weighted by Crippen LogP contribution is 2.10. The SMILES string of the molecule is CCc1cccc(NC(N)=NCCCc2cccc(F)c2)c1.I. The Balaban J connectivity index is 0.00000264. The number of aliphatic imine (C=N–C) groups is 1. The zero-order valence-electron chi connectivity index (χ0n) is 13.3. The van der Waals surface area contributed by atoms with Gasteiger partial charge in [0.25, 0.3) is 0 Å². The summed E-state index contributed by atoms with van der Waals surface area (Å²) in [6.07, 6.45) is 2.61. The topological polar surface area (TPSA) is 50.4 Å². The minimum Gasteiger partial charge on any atom is -0.370 e. The fraction of sp³-hybridized carbons (Fsp3) is 0.278. The van der Waals surface area contributed by atoms with Gasteiger partial charge in [0, 0.05) is 12.2 Å².